The lowest BCUT2D eigenvalue weighted by molar-refractivity contribution is 0.358. The number of hydrogen-bond donors (Lipinski definition) is 2. The third-order valence-corrected chi connectivity index (χ3v) is 3.95. The molecule has 28 heavy (non-hydrogen) atoms. The van der Waals surface area contributed by atoms with Crippen molar-refractivity contribution in [3.63, 3.8) is 0 Å². The van der Waals surface area contributed by atoms with E-state index in [1.807, 2.05) is 0 Å². The van der Waals surface area contributed by atoms with Gasteiger partial charge in [-0.3, -0.25) is 0 Å². The molecule has 0 saturated carbocycles. The Labute approximate surface area is 150 Å². The minimum atomic E-state index is -2.19. The SMILES string of the molecule is Oc1c(F)c(F)c(-c2ccccc2-c2c(F)c(F)c(O)c(F)c2F)c(F)c1F. The Morgan fingerprint density at radius 1 is 0.429 bits per heavy atom. The Morgan fingerprint density at radius 3 is 0.929 bits per heavy atom. The summed E-state index contributed by atoms with van der Waals surface area (Å²) in [4.78, 5) is 0. The average Bonchev–Trinajstić information content (AvgIpc) is 2.69. The second-order valence-electron chi connectivity index (χ2n) is 5.50. The van der Waals surface area contributed by atoms with Gasteiger partial charge in [-0.2, -0.15) is 17.6 Å². The van der Waals surface area contributed by atoms with Crippen molar-refractivity contribution in [2.75, 3.05) is 0 Å². The molecule has 0 fully saturated rings. The molecule has 3 rings (SSSR count). The van der Waals surface area contributed by atoms with E-state index in [9.17, 15) is 35.1 Å². The third kappa shape index (κ3) is 2.63. The van der Waals surface area contributed by atoms with Crippen molar-refractivity contribution < 1.29 is 45.3 Å². The van der Waals surface area contributed by atoms with Gasteiger partial charge in [0.1, 0.15) is 0 Å². The smallest absolute Gasteiger partial charge is 0.204 e. The van der Waals surface area contributed by atoms with E-state index in [-0.39, 0.29) is 0 Å². The van der Waals surface area contributed by atoms with E-state index in [0.717, 1.165) is 24.3 Å². The summed E-state index contributed by atoms with van der Waals surface area (Å²) < 4.78 is 111. The Morgan fingerprint density at radius 2 is 0.679 bits per heavy atom. The molecule has 0 aliphatic heterocycles. The third-order valence-electron chi connectivity index (χ3n) is 3.95. The molecule has 10 heteroatoms. The number of phenols is 2. The largest absolute Gasteiger partial charge is 0.503 e. The summed E-state index contributed by atoms with van der Waals surface area (Å²) in [6.45, 7) is 0. The molecule has 0 aromatic heterocycles. The van der Waals surface area contributed by atoms with Crippen molar-refractivity contribution in [1.82, 2.24) is 0 Å². The first-order chi connectivity index (χ1) is 13.1. The molecule has 0 atom stereocenters. The van der Waals surface area contributed by atoms with Gasteiger partial charge in [0, 0.05) is 0 Å². The highest BCUT2D eigenvalue weighted by molar-refractivity contribution is 5.85. The van der Waals surface area contributed by atoms with Gasteiger partial charge < -0.3 is 10.2 Å². The standard InChI is InChI=1S/C18H6F8O2/c19-9-7(10(20)14(24)17(27)13(9)23)5-3-1-2-4-6(5)8-11(21)15(25)18(28)16(26)12(8)22/h1-4,27-28H. The van der Waals surface area contributed by atoms with E-state index in [1.165, 1.54) is 0 Å². The molecule has 3 aromatic carbocycles. The highest BCUT2D eigenvalue weighted by atomic mass is 19.2. The maximum Gasteiger partial charge on any atom is 0.204 e. The first-order valence-electron chi connectivity index (χ1n) is 7.29. The van der Waals surface area contributed by atoms with Crippen LogP contribution in [0.4, 0.5) is 35.1 Å². The number of benzene rings is 3. The highest BCUT2D eigenvalue weighted by Gasteiger charge is 2.31. The summed E-state index contributed by atoms with van der Waals surface area (Å²) >= 11 is 0. The van der Waals surface area contributed by atoms with Gasteiger partial charge in [-0.1, -0.05) is 24.3 Å². The van der Waals surface area contributed by atoms with Crippen LogP contribution in [0.3, 0.4) is 0 Å². The van der Waals surface area contributed by atoms with Crippen molar-refractivity contribution in [1.29, 1.82) is 0 Å². The lowest BCUT2D eigenvalue weighted by Gasteiger charge is -2.15. The van der Waals surface area contributed by atoms with Crippen molar-refractivity contribution >= 4 is 0 Å². The maximum absolute atomic E-state index is 14.2. The monoisotopic (exact) mass is 406 g/mol. The van der Waals surface area contributed by atoms with Gasteiger partial charge in [0.15, 0.2) is 34.8 Å². The predicted molar refractivity (Wildman–Crippen MR) is 80.3 cm³/mol. The molecule has 0 spiro atoms. The van der Waals surface area contributed by atoms with E-state index >= 15 is 0 Å². The first-order valence-corrected chi connectivity index (χ1v) is 7.29. The minimum absolute atomic E-state index is 0.772. The molecule has 0 radical (unpaired) electrons. The quantitative estimate of drug-likeness (QED) is 0.433. The van der Waals surface area contributed by atoms with Crippen LogP contribution in [-0.2, 0) is 0 Å². The zero-order valence-corrected chi connectivity index (χ0v) is 13.2. The fourth-order valence-electron chi connectivity index (χ4n) is 2.63. The van der Waals surface area contributed by atoms with Crippen molar-refractivity contribution in [2.24, 2.45) is 0 Å². The van der Waals surface area contributed by atoms with Gasteiger partial charge in [-0.05, 0) is 11.1 Å². The van der Waals surface area contributed by atoms with Gasteiger partial charge >= 0.3 is 0 Å². The Balaban J connectivity index is 2.46. The van der Waals surface area contributed by atoms with Crippen LogP contribution in [0.2, 0.25) is 0 Å². The van der Waals surface area contributed by atoms with Crippen LogP contribution in [0.25, 0.3) is 22.3 Å². The fourth-order valence-corrected chi connectivity index (χ4v) is 2.63. The van der Waals surface area contributed by atoms with Crippen molar-refractivity contribution in [2.45, 2.75) is 0 Å². The van der Waals surface area contributed by atoms with Gasteiger partial charge in [-0.15, -0.1) is 0 Å². The maximum atomic E-state index is 14.2. The molecular formula is C18H6F8O2. The molecule has 0 heterocycles. The fraction of sp³-hybridized carbons (Fsp3) is 0. The van der Waals surface area contributed by atoms with Gasteiger partial charge in [-0.25, -0.2) is 17.6 Å². The number of rotatable bonds is 2. The molecule has 0 saturated heterocycles. The minimum Gasteiger partial charge on any atom is -0.503 e. The Hall–Kier alpha value is -3.30. The summed E-state index contributed by atoms with van der Waals surface area (Å²) in [7, 11) is 0. The second kappa shape index (κ2) is 6.70. The van der Waals surface area contributed by atoms with E-state index in [2.05, 4.69) is 0 Å². The normalized spacial score (nSPS) is 11.1. The molecule has 2 nitrogen and oxygen atoms in total. The highest BCUT2D eigenvalue weighted by Crippen LogP contribution is 2.42. The molecule has 3 aromatic rings. The van der Waals surface area contributed by atoms with Crippen LogP contribution < -0.4 is 0 Å². The Kier molecular flexibility index (Phi) is 4.66. The molecule has 0 bridgehead atoms. The lowest BCUT2D eigenvalue weighted by Crippen LogP contribution is -2.04. The molecular weight excluding hydrogens is 400 g/mol. The zero-order chi connectivity index (χ0) is 20.9. The van der Waals surface area contributed by atoms with E-state index in [4.69, 9.17) is 10.2 Å². The summed E-state index contributed by atoms with van der Waals surface area (Å²) in [5.41, 5.74) is -4.71. The van der Waals surface area contributed by atoms with Crippen LogP contribution >= 0.6 is 0 Å². The first kappa shape index (κ1) is 19.5. The van der Waals surface area contributed by atoms with Gasteiger partial charge in [0.2, 0.25) is 23.3 Å². The summed E-state index contributed by atoms with van der Waals surface area (Å²) in [6, 6.07) is 3.66. The lowest BCUT2D eigenvalue weighted by atomic mass is 9.92. The average molecular weight is 406 g/mol. The van der Waals surface area contributed by atoms with Crippen molar-refractivity contribution in [3.05, 3.63) is 70.8 Å². The summed E-state index contributed by atoms with van der Waals surface area (Å²) in [5.74, 6) is -21.1. The number of hydrogen-bond acceptors (Lipinski definition) is 2. The molecule has 0 amide bonds. The van der Waals surface area contributed by atoms with Crippen LogP contribution in [-0.4, -0.2) is 10.2 Å². The number of aromatic hydroxyl groups is 2. The molecule has 0 unspecified atom stereocenters. The predicted octanol–water partition coefficient (Wildman–Crippen LogP) is 5.54. The van der Waals surface area contributed by atoms with Crippen LogP contribution in [0.5, 0.6) is 11.5 Å². The molecule has 2 N–H and O–H groups in total. The van der Waals surface area contributed by atoms with Gasteiger partial charge in [0.25, 0.3) is 0 Å². The number of halogens is 8. The van der Waals surface area contributed by atoms with Crippen LogP contribution in [0.1, 0.15) is 0 Å². The molecule has 0 aliphatic carbocycles. The van der Waals surface area contributed by atoms with E-state index in [1.54, 1.807) is 0 Å². The second-order valence-corrected chi connectivity index (χ2v) is 5.50. The van der Waals surface area contributed by atoms with E-state index in [0.29, 0.717) is 0 Å². The van der Waals surface area contributed by atoms with Crippen molar-refractivity contribution in [3.8, 4) is 33.8 Å². The van der Waals surface area contributed by atoms with Crippen LogP contribution in [0.15, 0.2) is 24.3 Å². The molecule has 0 aliphatic rings. The molecule has 146 valence electrons. The summed E-state index contributed by atoms with van der Waals surface area (Å²) in [6.07, 6.45) is 0. The number of phenolic OH excluding ortho intramolecular Hbond substituents is 2. The van der Waals surface area contributed by atoms with E-state index < -0.39 is 80.3 Å². The van der Waals surface area contributed by atoms with Crippen LogP contribution in [0, 0.1) is 46.5 Å². The topological polar surface area (TPSA) is 40.5 Å². The summed E-state index contributed by atoms with van der Waals surface area (Å²) in [5, 5.41) is 18.1. The zero-order valence-electron chi connectivity index (χ0n) is 13.2. The Bertz CT molecular complexity index is 981. The van der Waals surface area contributed by atoms with Gasteiger partial charge in [0.05, 0.1) is 11.1 Å².